The predicted octanol–water partition coefficient (Wildman–Crippen LogP) is 2.23. The minimum Gasteiger partial charge on any atom is -0.460 e. The van der Waals surface area contributed by atoms with Gasteiger partial charge in [-0.3, -0.25) is 0 Å². The molecule has 1 aromatic heterocycles. The summed E-state index contributed by atoms with van der Waals surface area (Å²) in [5, 5.41) is 0. The molecule has 0 N–H and O–H groups in total. The molecule has 1 aromatic rings. The Labute approximate surface area is 97.7 Å². The molecule has 0 aliphatic carbocycles. The van der Waals surface area contributed by atoms with Crippen molar-refractivity contribution in [1.29, 1.82) is 0 Å². The molecule has 6 heteroatoms. The third-order valence-corrected chi connectivity index (χ3v) is 3.14. The first-order valence-electron chi connectivity index (χ1n) is 4.58. The van der Waals surface area contributed by atoms with E-state index in [0.29, 0.717) is 12.3 Å². The first-order valence-corrected chi connectivity index (χ1v) is 6.29. The van der Waals surface area contributed by atoms with E-state index in [1.807, 2.05) is 0 Å². The lowest BCUT2D eigenvalue weighted by Crippen LogP contribution is -2.13. The van der Waals surface area contributed by atoms with E-state index in [0.717, 1.165) is 17.5 Å². The zero-order chi connectivity index (χ0) is 11.3. The molecule has 0 saturated heterocycles. The number of rotatable bonds is 4. The fourth-order valence-electron chi connectivity index (χ4n) is 0.811. The van der Waals surface area contributed by atoms with Crippen molar-refractivity contribution in [2.75, 3.05) is 12.4 Å². The van der Waals surface area contributed by atoms with Crippen LogP contribution in [0.15, 0.2) is 6.20 Å². The standard InChI is InChI=1S/C9H14N2O2S2/c1-9(2,3)14-5-4-13-8(12)7-6-10-15-11-7/h6H,4-5H2,1-3H3. The highest BCUT2D eigenvalue weighted by Gasteiger charge is 2.12. The number of thioether (sulfide) groups is 1. The maximum Gasteiger partial charge on any atom is 0.359 e. The highest BCUT2D eigenvalue weighted by atomic mass is 32.2. The van der Waals surface area contributed by atoms with Gasteiger partial charge in [0, 0.05) is 10.5 Å². The first-order chi connectivity index (χ1) is 6.99. The van der Waals surface area contributed by atoms with E-state index in [1.165, 1.54) is 6.20 Å². The number of carbonyl (C=O) groups is 1. The van der Waals surface area contributed by atoms with Crippen molar-refractivity contribution < 1.29 is 9.53 Å². The number of nitrogens with zero attached hydrogens (tertiary/aromatic N) is 2. The Morgan fingerprint density at radius 2 is 2.33 bits per heavy atom. The fraction of sp³-hybridized carbons (Fsp3) is 0.667. The smallest absolute Gasteiger partial charge is 0.359 e. The van der Waals surface area contributed by atoms with Crippen molar-refractivity contribution in [2.45, 2.75) is 25.5 Å². The zero-order valence-corrected chi connectivity index (χ0v) is 10.7. The van der Waals surface area contributed by atoms with Crippen LogP contribution in [0.3, 0.4) is 0 Å². The van der Waals surface area contributed by atoms with Gasteiger partial charge in [0.05, 0.1) is 17.9 Å². The molecule has 0 aliphatic heterocycles. The van der Waals surface area contributed by atoms with Crippen molar-refractivity contribution in [3.05, 3.63) is 11.9 Å². The van der Waals surface area contributed by atoms with E-state index in [1.54, 1.807) is 11.8 Å². The topological polar surface area (TPSA) is 52.1 Å². The van der Waals surface area contributed by atoms with Gasteiger partial charge >= 0.3 is 5.97 Å². The number of carbonyl (C=O) groups excluding carboxylic acids is 1. The molecule has 0 bridgehead atoms. The van der Waals surface area contributed by atoms with Gasteiger partial charge < -0.3 is 4.74 Å². The summed E-state index contributed by atoms with van der Waals surface area (Å²) in [7, 11) is 0. The average molecular weight is 246 g/mol. The highest BCUT2D eigenvalue weighted by Crippen LogP contribution is 2.22. The molecule has 0 atom stereocenters. The van der Waals surface area contributed by atoms with Crippen LogP contribution < -0.4 is 0 Å². The van der Waals surface area contributed by atoms with Crippen molar-refractivity contribution in [3.8, 4) is 0 Å². The van der Waals surface area contributed by atoms with Gasteiger partial charge in [-0.1, -0.05) is 20.8 Å². The van der Waals surface area contributed by atoms with Crippen LogP contribution >= 0.6 is 23.5 Å². The molecule has 0 saturated carbocycles. The van der Waals surface area contributed by atoms with E-state index in [4.69, 9.17) is 4.74 Å². The van der Waals surface area contributed by atoms with Crippen LogP contribution in [0.4, 0.5) is 0 Å². The SMILES string of the molecule is CC(C)(C)SCCOC(=O)c1cnsn1. The minimum absolute atomic E-state index is 0.203. The number of hydrogen-bond donors (Lipinski definition) is 0. The van der Waals surface area contributed by atoms with Gasteiger partial charge in [0.2, 0.25) is 0 Å². The lowest BCUT2D eigenvalue weighted by Gasteiger charge is -2.16. The second kappa shape index (κ2) is 5.46. The molecule has 0 aromatic carbocycles. The van der Waals surface area contributed by atoms with Gasteiger partial charge in [-0.15, -0.1) is 0 Å². The Hall–Kier alpha value is -0.620. The zero-order valence-electron chi connectivity index (χ0n) is 9.02. The van der Waals surface area contributed by atoms with Gasteiger partial charge in [0.1, 0.15) is 6.61 Å². The third kappa shape index (κ3) is 5.13. The van der Waals surface area contributed by atoms with E-state index in [-0.39, 0.29) is 4.75 Å². The molecule has 0 aliphatic rings. The largest absolute Gasteiger partial charge is 0.460 e. The molecular weight excluding hydrogens is 232 g/mol. The molecule has 1 heterocycles. The molecule has 0 spiro atoms. The Morgan fingerprint density at radius 1 is 1.60 bits per heavy atom. The van der Waals surface area contributed by atoms with Crippen molar-refractivity contribution in [1.82, 2.24) is 8.75 Å². The summed E-state index contributed by atoms with van der Waals surface area (Å²) < 4.78 is 12.8. The van der Waals surface area contributed by atoms with Crippen LogP contribution in [0.25, 0.3) is 0 Å². The highest BCUT2D eigenvalue weighted by molar-refractivity contribution is 8.00. The van der Waals surface area contributed by atoms with Gasteiger partial charge in [0.15, 0.2) is 5.69 Å². The maximum absolute atomic E-state index is 11.3. The van der Waals surface area contributed by atoms with Gasteiger partial charge in [0.25, 0.3) is 0 Å². The molecule has 0 amide bonds. The lowest BCUT2D eigenvalue weighted by atomic mass is 10.3. The summed E-state index contributed by atoms with van der Waals surface area (Å²) in [6.45, 7) is 6.80. The Balaban J connectivity index is 2.19. The summed E-state index contributed by atoms with van der Waals surface area (Å²) in [6, 6.07) is 0. The Kier molecular flexibility index (Phi) is 4.53. The predicted molar refractivity (Wildman–Crippen MR) is 62.4 cm³/mol. The summed E-state index contributed by atoms with van der Waals surface area (Å²) in [4.78, 5) is 11.3. The summed E-state index contributed by atoms with van der Waals surface area (Å²) >= 11 is 2.77. The molecule has 0 radical (unpaired) electrons. The van der Waals surface area contributed by atoms with Gasteiger partial charge in [-0.25, -0.2) is 4.79 Å². The second-order valence-corrected chi connectivity index (χ2v) is 6.37. The van der Waals surface area contributed by atoms with Crippen LogP contribution in [0.1, 0.15) is 31.3 Å². The molecular formula is C9H14N2O2S2. The third-order valence-electron chi connectivity index (χ3n) is 1.42. The molecule has 1 rings (SSSR count). The molecule has 4 nitrogen and oxygen atoms in total. The van der Waals surface area contributed by atoms with Crippen molar-refractivity contribution >= 4 is 29.5 Å². The van der Waals surface area contributed by atoms with E-state index in [9.17, 15) is 4.79 Å². The maximum atomic E-state index is 11.3. The summed E-state index contributed by atoms with van der Waals surface area (Å²) in [5.41, 5.74) is 0.292. The monoisotopic (exact) mass is 246 g/mol. The summed E-state index contributed by atoms with van der Waals surface area (Å²) in [6.07, 6.45) is 1.42. The summed E-state index contributed by atoms with van der Waals surface area (Å²) in [5.74, 6) is 0.408. The van der Waals surface area contributed by atoms with Crippen LogP contribution in [0, 0.1) is 0 Å². The van der Waals surface area contributed by atoms with Crippen LogP contribution in [-0.4, -0.2) is 31.8 Å². The van der Waals surface area contributed by atoms with Gasteiger partial charge in [-0.05, 0) is 0 Å². The number of esters is 1. The average Bonchev–Trinajstić information content (AvgIpc) is 2.63. The second-order valence-electron chi connectivity index (χ2n) is 3.89. The number of ether oxygens (including phenoxy) is 1. The van der Waals surface area contributed by atoms with Gasteiger partial charge in [-0.2, -0.15) is 20.5 Å². The lowest BCUT2D eigenvalue weighted by molar-refractivity contribution is 0.0524. The van der Waals surface area contributed by atoms with Crippen LogP contribution in [-0.2, 0) is 4.74 Å². The number of aromatic nitrogens is 2. The molecule has 0 fully saturated rings. The Morgan fingerprint density at radius 3 is 2.87 bits per heavy atom. The van der Waals surface area contributed by atoms with E-state index in [2.05, 4.69) is 29.5 Å². The fourth-order valence-corrected chi connectivity index (χ4v) is 1.99. The van der Waals surface area contributed by atoms with Crippen LogP contribution in [0.2, 0.25) is 0 Å². The molecule has 0 unspecified atom stereocenters. The minimum atomic E-state index is -0.391. The first kappa shape index (κ1) is 12.4. The number of hydrogen-bond acceptors (Lipinski definition) is 6. The van der Waals surface area contributed by atoms with Crippen molar-refractivity contribution in [2.24, 2.45) is 0 Å². The normalized spacial score (nSPS) is 11.4. The van der Waals surface area contributed by atoms with E-state index >= 15 is 0 Å². The molecule has 15 heavy (non-hydrogen) atoms. The molecule has 84 valence electrons. The quantitative estimate of drug-likeness (QED) is 0.602. The Bertz CT molecular complexity index is 306. The van der Waals surface area contributed by atoms with E-state index < -0.39 is 5.97 Å². The van der Waals surface area contributed by atoms with Crippen molar-refractivity contribution in [3.63, 3.8) is 0 Å². The van der Waals surface area contributed by atoms with Crippen LogP contribution in [0.5, 0.6) is 0 Å².